The lowest BCUT2D eigenvalue weighted by Crippen LogP contribution is -2.45. The minimum absolute atomic E-state index is 0. The number of hydrogen-bond donors (Lipinski definition) is 3. The molecule has 1 saturated heterocycles. The summed E-state index contributed by atoms with van der Waals surface area (Å²) in [4.78, 5) is 12.0. The minimum atomic E-state index is -3.61. The van der Waals surface area contributed by atoms with Gasteiger partial charge in [-0.3, -0.25) is 4.79 Å². The highest BCUT2D eigenvalue weighted by Crippen LogP contribution is 2.16. The first-order chi connectivity index (χ1) is 10.5. The third-order valence-corrected chi connectivity index (χ3v) is 6.67. The molecule has 0 spiro atoms. The van der Waals surface area contributed by atoms with Crippen molar-refractivity contribution in [3.05, 3.63) is 17.5 Å². The van der Waals surface area contributed by atoms with Crippen LogP contribution < -0.4 is 15.4 Å². The predicted octanol–water partition coefficient (Wildman–Crippen LogP) is 1.34. The van der Waals surface area contributed by atoms with Gasteiger partial charge in [0, 0.05) is 6.54 Å². The molecule has 1 fully saturated rings. The normalized spacial score (nSPS) is 19.6. The van der Waals surface area contributed by atoms with Gasteiger partial charge in [0.25, 0.3) is 10.0 Å². The highest BCUT2D eigenvalue weighted by Gasteiger charge is 2.22. The summed E-state index contributed by atoms with van der Waals surface area (Å²) >= 11 is 1.13. The van der Waals surface area contributed by atoms with Crippen molar-refractivity contribution in [2.24, 2.45) is 5.92 Å². The van der Waals surface area contributed by atoms with E-state index in [-0.39, 0.29) is 22.5 Å². The third kappa shape index (κ3) is 6.39. The van der Waals surface area contributed by atoms with Crippen molar-refractivity contribution in [3.8, 4) is 0 Å². The molecule has 0 aromatic carbocycles. The van der Waals surface area contributed by atoms with Gasteiger partial charge < -0.3 is 10.6 Å². The van der Waals surface area contributed by atoms with Crippen LogP contribution in [0.25, 0.3) is 0 Å². The molecule has 0 saturated carbocycles. The van der Waals surface area contributed by atoms with Gasteiger partial charge in [0.15, 0.2) is 0 Å². The van der Waals surface area contributed by atoms with E-state index >= 15 is 0 Å². The minimum Gasteiger partial charge on any atom is -0.355 e. The Hall–Kier alpha value is -0.670. The van der Waals surface area contributed by atoms with Gasteiger partial charge in [-0.1, -0.05) is 6.07 Å². The number of sulfonamides is 1. The maximum Gasteiger partial charge on any atom is 0.250 e. The van der Waals surface area contributed by atoms with Crippen molar-refractivity contribution in [2.45, 2.75) is 36.4 Å². The van der Waals surface area contributed by atoms with Crippen LogP contribution in [-0.2, 0) is 14.8 Å². The van der Waals surface area contributed by atoms with Crippen molar-refractivity contribution in [2.75, 3.05) is 19.6 Å². The van der Waals surface area contributed by atoms with Crippen LogP contribution in [0.3, 0.4) is 0 Å². The van der Waals surface area contributed by atoms with E-state index in [4.69, 9.17) is 0 Å². The van der Waals surface area contributed by atoms with E-state index in [0.29, 0.717) is 12.5 Å². The summed E-state index contributed by atoms with van der Waals surface area (Å²) in [6.07, 6.45) is 3.28. The molecule has 3 N–H and O–H groups in total. The molecule has 0 bridgehead atoms. The summed E-state index contributed by atoms with van der Waals surface area (Å²) in [5.74, 6) is 0.302. The number of carbonyl (C=O) groups excluding carboxylic acids is 1. The van der Waals surface area contributed by atoms with Gasteiger partial charge in [0.1, 0.15) is 4.21 Å². The van der Waals surface area contributed by atoms with Crippen LogP contribution in [0.15, 0.2) is 21.7 Å². The van der Waals surface area contributed by atoms with E-state index in [0.717, 1.165) is 30.8 Å². The van der Waals surface area contributed by atoms with Crippen LogP contribution in [0.2, 0.25) is 0 Å². The average molecular weight is 382 g/mol. The average Bonchev–Trinajstić information content (AvgIpc) is 3.03. The number of piperidine rings is 1. The Morgan fingerprint density at radius 1 is 1.52 bits per heavy atom. The highest BCUT2D eigenvalue weighted by molar-refractivity contribution is 7.91. The molecule has 0 radical (unpaired) electrons. The van der Waals surface area contributed by atoms with Crippen molar-refractivity contribution >= 4 is 39.7 Å². The standard InChI is InChI=1S/C14H23N3O3S2.ClH/c1-11(17-22(19,20)13-5-3-9-21-13)14(18)16-8-6-12-4-2-7-15-10-12;/h3,5,9,11-12,15,17H,2,4,6-8,10H2,1H3,(H,16,18);1H. The summed E-state index contributed by atoms with van der Waals surface area (Å²) < 4.78 is 26.7. The zero-order chi connectivity index (χ0) is 16.0. The van der Waals surface area contributed by atoms with E-state index < -0.39 is 16.1 Å². The molecule has 2 unspecified atom stereocenters. The third-order valence-electron chi connectivity index (χ3n) is 3.74. The second-order valence-electron chi connectivity index (χ2n) is 5.57. The predicted molar refractivity (Wildman–Crippen MR) is 94.6 cm³/mol. The molecule has 9 heteroatoms. The Kier molecular flexibility index (Phi) is 8.49. The monoisotopic (exact) mass is 381 g/mol. The van der Waals surface area contributed by atoms with E-state index in [2.05, 4.69) is 15.4 Å². The molecule has 1 aliphatic rings. The first-order valence-electron chi connectivity index (χ1n) is 7.53. The van der Waals surface area contributed by atoms with Gasteiger partial charge in [0.2, 0.25) is 5.91 Å². The summed E-state index contributed by atoms with van der Waals surface area (Å²) in [6, 6.07) is 2.41. The maximum atomic E-state index is 12.0. The molecule has 0 aliphatic carbocycles. The van der Waals surface area contributed by atoms with E-state index in [9.17, 15) is 13.2 Å². The van der Waals surface area contributed by atoms with Gasteiger partial charge in [-0.05, 0) is 56.6 Å². The molecule has 1 aromatic rings. The van der Waals surface area contributed by atoms with Gasteiger partial charge in [-0.25, -0.2) is 8.42 Å². The number of thiophene rings is 1. The fraction of sp³-hybridized carbons (Fsp3) is 0.643. The lowest BCUT2D eigenvalue weighted by molar-refractivity contribution is -0.122. The Balaban J connectivity index is 0.00000264. The fourth-order valence-corrected chi connectivity index (χ4v) is 4.70. The fourth-order valence-electron chi connectivity index (χ4n) is 2.48. The molecular weight excluding hydrogens is 358 g/mol. The van der Waals surface area contributed by atoms with Crippen LogP contribution >= 0.6 is 23.7 Å². The van der Waals surface area contributed by atoms with Gasteiger partial charge in [-0.15, -0.1) is 23.7 Å². The zero-order valence-corrected chi connectivity index (χ0v) is 15.5. The first kappa shape index (κ1) is 20.4. The summed E-state index contributed by atoms with van der Waals surface area (Å²) in [7, 11) is -3.61. The van der Waals surface area contributed by atoms with Crippen molar-refractivity contribution in [1.82, 2.24) is 15.4 Å². The topological polar surface area (TPSA) is 87.3 Å². The van der Waals surface area contributed by atoms with Crippen molar-refractivity contribution in [1.29, 1.82) is 0 Å². The zero-order valence-electron chi connectivity index (χ0n) is 13.1. The number of amides is 1. The van der Waals surface area contributed by atoms with Crippen LogP contribution in [0.4, 0.5) is 0 Å². The molecule has 1 amide bonds. The van der Waals surface area contributed by atoms with Crippen LogP contribution in [0.1, 0.15) is 26.2 Å². The molecule has 1 aromatic heterocycles. The quantitative estimate of drug-likeness (QED) is 0.665. The summed E-state index contributed by atoms with van der Waals surface area (Å²) in [6.45, 7) is 4.21. The molecule has 2 heterocycles. The number of hydrogen-bond acceptors (Lipinski definition) is 5. The lowest BCUT2D eigenvalue weighted by Gasteiger charge is -2.23. The Bertz CT molecular complexity index is 572. The van der Waals surface area contributed by atoms with E-state index in [1.54, 1.807) is 18.4 Å². The molecular formula is C14H24ClN3O3S2. The van der Waals surface area contributed by atoms with Crippen molar-refractivity contribution in [3.63, 3.8) is 0 Å². The maximum absolute atomic E-state index is 12.0. The Labute approximate surface area is 147 Å². The van der Waals surface area contributed by atoms with Crippen LogP contribution in [0, 0.1) is 5.92 Å². The lowest BCUT2D eigenvalue weighted by atomic mass is 9.96. The second kappa shape index (κ2) is 9.58. The number of halogens is 1. The number of nitrogens with one attached hydrogen (secondary N) is 3. The van der Waals surface area contributed by atoms with E-state index in [1.165, 1.54) is 18.9 Å². The molecule has 2 rings (SSSR count). The Morgan fingerprint density at radius 2 is 2.30 bits per heavy atom. The van der Waals surface area contributed by atoms with Gasteiger partial charge >= 0.3 is 0 Å². The molecule has 2 atom stereocenters. The van der Waals surface area contributed by atoms with Gasteiger partial charge in [-0.2, -0.15) is 4.72 Å². The van der Waals surface area contributed by atoms with Crippen molar-refractivity contribution < 1.29 is 13.2 Å². The van der Waals surface area contributed by atoms with Gasteiger partial charge in [0.05, 0.1) is 6.04 Å². The van der Waals surface area contributed by atoms with Crippen LogP contribution in [-0.4, -0.2) is 40.0 Å². The summed E-state index contributed by atoms with van der Waals surface area (Å²) in [5.41, 5.74) is 0. The largest absolute Gasteiger partial charge is 0.355 e. The first-order valence-corrected chi connectivity index (χ1v) is 9.89. The smallest absolute Gasteiger partial charge is 0.250 e. The molecule has 132 valence electrons. The SMILES string of the molecule is CC(NS(=O)(=O)c1cccs1)C(=O)NCCC1CCCNC1.Cl. The number of carbonyl (C=O) groups is 1. The molecule has 23 heavy (non-hydrogen) atoms. The summed E-state index contributed by atoms with van der Waals surface area (Å²) in [5, 5.41) is 7.84. The second-order valence-corrected chi connectivity index (χ2v) is 8.46. The molecule has 1 aliphatic heterocycles. The Morgan fingerprint density at radius 3 is 2.91 bits per heavy atom. The number of rotatable bonds is 7. The van der Waals surface area contributed by atoms with Crippen LogP contribution in [0.5, 0.6) is 0 Å². The molecule has 6 nitrogen and oxygen atoms in total. The van der Waals surface area contributed by atoms with E-state index in [1.807, 2.05) is 0 Å². The highest BCUT2D eigenvalue weighted by atomic mass is 35.5.